The molecule has 2 aliphatic heterocycles. The number of nitrogens with one attached hydrogen (secondary N) is 3. The minimum Gasteiger partial charge on any atom is -0.494 e. The number of hydrogen-bond donors (Lipinski definition) is 3. The van der Waals surface area contributed by atoms with Crippen LogP contribution in [0.3, 0.4) is 0 Å². The van der Waals surface area contributed by atoms with Gasteiger partial charge in [0.05, 0.1) is 13.2 Å². The number of ketones is 1. The predicted molar refractivity (Wildman–Crippen MR) is 269 cm³/mol. The minimum absolute atomic E-state index is 0.125. The number of amides is 4. The van der Waals surface area contributed by atoms with Crippen molar-refractivity contribution in [3.8, 4) is 11.5 Å². The molecule has 0 unspecified atom stereocenters. The van der Waals surface area contributed by atoms with E-state index in [9.17, 15) is 24.0 Å². The maximum Gasteiger partial charge on any atom is 0.262 e. The lowest BCUT2D eigenvalue weighted by Crippen LogP contribution is -2.68. The van der Waals surface area contributed by atoms with Crippen molar-refractivity contribution in [3.63, 3.8) is 0 Å². The molecular weight excluding hydrogens is 873 g/mol. The molecule has 2 aliphatic rings. The van der Waals surface area contributed by atoms with Crippen LogP contribution in [0, 0.1) is 0 Å². The van der Waals surface area contributed by atoms with Gasteiger partial charge < -0.3 is 34.8 Å². The first-order valence-corrected chi connectivity index (χ1v) is 26.3. The normalized spacial score (nSPS) is 20.0. The molecule has 362 valence electrons. The van der Waals surface area contributed by atoms with Crippen molar-refractivity contribution in [1.29, 1.82) is 0 Å². The molecule has 5 atom stereocenters. The van der Waals surface area contributed by atoms with Gasteiger partial charge >= 0.3 is 0 Å². The summed E-state index contributed by atoms with van der Waals surface area (Å²) in [5.41, 5.74) is 1.57. The second-order valence-electron chi connectivity index (χ2n) is 18.7. The third-order valence-corrected chi connectivity index (χ3v) is 17.9. The molecule has 0 spiro atoms. The maximum absolute atomic E-state index is 14.6. The number of allylic oxidation sites excluding steroid dienone is 1. The van der Waals surface area contributed by atoms with E-state index in [1.165, 1.54) is 0 Å². The quantitative estimate of drug-likeness (QED) is 0.0530. The number of hydrogen-bond acceptors (Lipinski definition) is 8. The minimum atomic E-state index is -3.00. The summed E-state index contributed by atoms with van der Waals surface area (Å²) in [6, 6.07) is 31.3. The molecule has 0 saturated carbocycles. The molecule has 4 aromatic carbocycles. The largest absolute Gasteiger partial charge is 0.494 e. The number of nitrogens with zero attached hydrogens (tertiary/aromatic N) is 1. The van der Waals surface area contributed by atoms with Crippen molar-refractivity contribution in [2.75, 3.05) is 19.8 Å². The Morgan fingerprint density at radius 2 is 1.21 bits per heavy atom. The fourth-order valence-electron chi connectivity index (χ4n) is 9.40. The number of ether oxygens (including phenoxy) is 2. The Balaban J connectivity index is 1.21. The van der Waals surface area contributed by atoms with Gasteiger partial charge in [0.1, 0.15) is 41.8 Å². The predicted octanol–water partition coefficient (Wildman–Crippen LogP) is 6.77. The zero-order chi connectivity index (χ0) is 48.7. The summed E-state index contributed by atoms with van der Waals surface area (Å²) >= 11 is 0. The van der Waals surface area contributed by atoms with Crippen LogP contribution < -0.4 is 35.8 Å². The lowest BCUT2D eigenvalue weighted by molar-refractivity contribution is -0.146. The second-order valence-corrected chi connectivity index (χ2v) is 23.0. The van der Waals surface area contributed by atoms with Crippen molar-refractivity contribution in [2.24, 2.45) is 0 Å². The lowest BCUT2D eigenvalue weighted by atomic mass is 9.96. The van der Waals surface area contributed by atoms with Crippen LogP contribution in [0.15, 0.2) is 121 Å². The van der Waals surface area contributed by atoms with Gasteiger partial charge in [-0.25, -0.2) is 0 Å². The number of rotatable bonds is 19. The fraction of sp³-hybridized carbons (Fsp3) is 0.436. The van der Waals surface area contributed by atoms with Gasteiger partial charge in [0.2, 0.25) is 23.6 Å². The molecule has 13 heteroatoms. The highest BCUT2D eigenvalue weighted by atomic mass is 28.4. The first-order valence-electron chi connectivity index (χ1n) is 24.4. The maximum atomic E-state index is 14.6. The van der Waals surface area contributed by atoms with E-state index in [0.29, 0.717) is 63.4 Å². The Labute approximate surface area is 403 Å². The van der Waals surface area contributed by atoms with Crippen molar-refractivity contribution in [2.45, 2.75) is 135 Å². The molecular formula is C55H70N4O8Si. The zero-order valence-electron chi connectivity index (χ0n) is 40.6. The van der Waals surface area contributed by atoms with Crippen LogP contribution >= 0.6 is 0 Å². The number of benzene rings is 4. The molecule has 0 radical (unpaired) electrons. The SMILES string of the molecule is CCOc1ccc(C[C@@H]2NC(=O)[C@H](CCC/C=C/C(=O)[C@@H](CC)O[Si](c3ccccc3)(c3ccccc3)C(C)(C)C)NC(=O)[C@H]3CCCCN3C(=O)[C@H](Cc3ccc(OCC)cc3)NC2=O)cc1. The molecule has 0 bridgehead atoms. The van der Waals surface area contributed by atoms with E-state index >= 15 is 0 Å². The number of unbranched alkanes of at least 4 members (excludes halogenated alkanes) is 1. The van der Waals surface area contributed by atoms with Gasteiger partial charge in [-0.2, -0.15) is 0 Å². The van der Waals surface area contributed by atoms with E-state index in [-0.39, 0.29) is 36.0 Å². The third kappa shape index (κ3) is 12.9. The first kappa shape index (κ1) is 51.3. The van der Waals surface area contributed by atoms with Crippen LogP contribution in [0.5, 0.6) is 11.5 Å². The first-order chi connectivity index (χ1) is 32.8. The van der Waals surface area contributed by atoms with Gasteiger partial charge in [0.15, 0.2) is 5.78 Å². The van der Waals surface area contributed by atoms with Crippen LogP contribution in [-0.4, -0.2) is 92.7 Å². The summed E-state index contributed by atoms with van der Waals surface area (Å²) in [6.45, 7) is 13.7. The molecule has 0 aromatic heterocycles. The second kappa shape index (κ2) is 24.3. The highest BCUT2D eigenvalue weighted by Crippen LogP contribution is 2.38. The topological polar surface area (TPSA) is 152 Å². The number of carbonyl (C=O) groups excluding carboxylic acids is 5. The van der Waals surface area contributed by atoms with Crippen LogP contribution in [0.4, 0.5) is 0 Å². The summed E-state index contributed by atoms with van der Waals surface area (Å²) < 4.78 is 18.4. The summed E-state index contributed by atoms with van der Waals surface area (Å²) in [7, 11) is -3.00. The standard InChI is InChI=1S/C55H70N4O8Si/c1-7-50(67-68(55(4,5)6,43-21-13-10-14-22-43)44-23-15-11-16-24-44)49(60)27-18-12-17-25-45-51(61)57-46(37-39-28-32-41(33-29-39)65-8-2)52(62)58-47(38-40-30-34-42(35-31-40)66-9-3)54(64)59-36-20-19-26-48(59)53(63)56-45/h10-11,13-16,18,21-24,27-35,45-48,50H,7-9,12,17,19-20,25-26,36-38H2,1-6H3,(H,56,63)(H,57,61)(H,58,62)/b27-18+/t45-,46-,47-,48+,50+/m0/s1. The fourth-order valence-corrected chi connectivity index (χ4v) is 14.1. The molecule has 6 rings (SSSR count). The van der Waals surface area contributed by atoms with Crippen molar-refractivity contribution in [3.05, 3.63) is 132 Å². The van der Waals surface area contributed by atoms with Gasteiger partial charge in [0, 0.05) is 19.4 Å². The number of piperidine rings is 1. The molecule has 2 fully saturated rings. The van der Waals surface area contributed by atoms with Crippen LogP contribution in [0.2, 0.25) is 5.04 Å². The van der Waals surface area contributed by atoms with E-state index in [1.54, 1.807) is 11.0 Å². The average Bonchev–Trinajstić information content (AvgIpc) is 3.34. The number of carbonyl (C=O) groups is 5. The van der Waals surface area contributed by atoms with Crippen molar-refractivity contribution < 1.29 is 37.9 Å². The Bertz CT molecular complexity index is 2280. The number of fused-ring (bicyclic) bond motifs is 1. The zero-order valence-corrected chi connectivity index (χ0v) is 41.6. The Morgan fingerprint density at radius 1 is 0.691 bits per heavy atom. The lowest BCUT2D eigenvalue weighted by Gasteiger charge is -2.44. The molecule has 2 heterocycles. The van der Waals surface area contributed by atoms with E-state index in [4.69, 9.17) is 13.9 Å². The van der Waals surface area contributed by atoms with E-state index < -0.39 is 56.3 Å². The summed E-state index contributed by atoms with van der Waals surface area (Å²) in [6.07, 6.45) is 6.47. The molecule has 4 amide bonds. The molecule has 2 saturated heterocycles. The molecule has 3 N–H and O–H groups in total. The van der Waals surface area contributed by atoms with Crippen molar-refractivity contribution >= 4 is 48.1 Å². The Hall–Kier alpha value is -6.05. The van der Waals surface area contributed by atoms with Gasteiger partial charge in [0.25, 0.3) is 8.32 Å². The summed E-state index contributed by atoms with van der Waals surface area (Å²) in [5, 5.41) is 10.8. The Kier molecular flexibility index (Phi) is 18.3. The van der Waals surface area contributed by atoms with Gasteiger partial charge in [-0.05, 0) is 116 Å². The van der Waals surface area contributed by atoms with Gasteiger partial charge in [-0.15, -0.1) is 0 Å². The summed E-state index contributed by atoms with van der Waals surface area (Å²) in [4.78, 5) is 73.2. The van der Waals surface area contributed by atoms with E-state index in [0.717, 1.165) is 27.9 Å². The molecule has 0 aliphatic carbocycles. The molecule has 12 nitrogen and oxygen atoms in total. The average molecular weight is 943 g/mol. The molecule has 68 heavy (non-hydrogen) atoms. The molecule has 4 aromatic rings. The Morgan fingerprint density at radius 3 is 1.74 bits per heavy atom. The third-order valence-electron chi connectivity index (χ3n) is 12.9. The monoisotopic (exact) mass is 942 g/mol. The van der Waals surface area contributed by atoms with E-state index in [2.05, 4.69) is 61.0 Å². The highest BCUT2D eigenvalue weighted by molar-refractivity contribution is 6.99. The highest BCUT2D eigenvalue weighted by Gasteiger charge is 2.52. The smallest absolute Gasteiger partial charge is 0.262 e. The van der Waals surface area contributed by atoms with Crippen molar-refractivity contribution in [1.82, 2.24) is 20.9 Å². The van der Waals surface area contributed by atoms with E-state index in [1.807, 2.05) is 112 Å². The van der Waals surface area contributed by atoms with Crippen LogP contribution in [0.25, 0.3) is 0 Å². The summed E-state index contributed by atoms with van der Waals surface area (Å²) in [5.74, 6) is -0.550. The van der Waals surface area contributed by atoms with Gasteiger partial charge in [-0.1, -0.05) is 119 Å². The van der Waals surface area contributed by atoms with Crippen LogP contribution in [-0.2, 0) is 41.2 Å². The van der Waals surface area contributed by atoms with Crippen LogP contribution in [0.1, 0.15) is 97.6 Å². The van der Waals surface area contributed by atoms with Gasteiger partial charge in [-0.3, -0.25) is 24.0 Å².